The van der Waals surface area contributed by atoms with E-state index in [2.05, 4.69) is 62.9 Å². The Morgan fingerprint density at radius 3 is 2.14 bits per heavy atom. The van der Waals surface area contributed by atoms with Gasteiger partial charge in [0, 0.05) is 7.85 Å². The van der Waals surface area contributed by atoms with Gasteiger partial charge >= 0.3 is 0 Å². The van der Waals surface area contributed by atoms with Crippen molar-refractivity contribution >= 4 is 0 Å². The van der Waals surface area contributed by atoms with Gasteiger partial charge in [-0.3, -0.25) is 0 Å². The lowest BCUT2D eigenvalue weighted by Crippen LogP contribution is -2.00. The molecule has 3 aromatic carbocycles. The summed E-state index contributed by atoms with van der Waals surface area (Å²) in [6.45, 7) is 13.4. The number of aromatic hydroxyl groups is 1. The Morgan fingerprint density at radius 1 is 0.811 bits per heavy atom. The van der Waals surface area contributed by atoms with Crippen molar-refractivity contribution in [1.29, 1.82) is 0 Å². The molecule has 0 bridgehead atoms. The third-order valence-electron chi connectivity index (χ3n) is 5.47. The zero-order valence-corrected chi connectivity index (χ0v) is 23.3. The summed E-state index contributed by atoms with van der Waals surface area (Å²) in [6.07, 6.45) is 7.90. The predicted molar refractivity (Wildman–Crippen MR) is 159 cm³/mol. The highest BCUT2D eigenvalue weighted by Gasteiger charge is 2.00. The molecule has 0 unspecified atom stereocenters. The maximum absolute atomic E-state index is 9.23. The number of phenolic OH excluding ortho intramolecular Hbond substituents is 1. The molecule has 4 heteroatoms. The molecule has 0 heterocycles. The lowest BCUT2D eigenvalue weighted by atomic mass is 10.1. The minimum Gasteiger partial charge on any atom is -0.508 e. The van der Waals surface area contributed by atoms with Crippen LogP contribution in [0.15, 0.2) is 91.2 Å². The van der Waals surface area contributed by atoms with Gasteiger partial charge in [0.25, 0.3) is 0 Å². The molecule has 3 N–H and O–H groups in total. The summed E-state index contributed by atoms with van der Waals surface area (Å²) in [5.74, 6) is 1.93. The molecule has 0 aliphatic carbocycles. The average Bonchev–Trinajstić information content (AvgIpc) is 2.93. The fourth-order valence-electron chi connectivity index (χ4n) is 3.39. The molecule has 0 aromatic heterocycles. The summed E-state index contributed by atoms with van der Waals surface area (Å²) in [5.41, 5.74) is 3.77. The molecule has 4 nitrogen and oxygen atoms in total. The quantitative estimate of drug-likeness (QED) is 0.185. The summed E-state index contributed by atoms with van der Waals surface area (Å²) >= 11 is 0. The molecular weight excluding hydrogens is 460 g/mol. The molecule has 0 saturated heterocycles. The van der Waals surface area contributed by atoms with E-state index in [9.17, 15) is 5.11 Å². The molecule has 0 fully saturated rings. The van der Waals surface area contributed by atoms with Crippen LogP contribution in [0.25, 0.3) is 0 Å². The monoisotopic (exact) mass is 510 g/mol. The second-order valence-electron chi connectivity index (χ2n) is 8.39. The molecule has 37 heavy (non-hydrogen) atoms. The van der Waals surface area contributed by atoms with Crippen LogP contribution in [0.4, 0.5) is 0 Å². The average molecular weight is 511 g/mol. The maximum Gasteiger partial charge on any atom is 0.119 e. The summed E-state index contributed by atoms with van der Waals surface area (Å²) in [5, 5.41) is 9.23. The Labute approximate surface area is 226 Å². The van der Waals surface area contributed by atoms with Crippen molar-refractivity contribution in [3.63, 3.8) is 0 Å². The van der Waals surface area contributed by atoms with Crippen molar-refractivity contribution in [3.8, 4) is 11.5 Å². The summed E-state index contributed by atoms with van der Waals surface area (Å²) in [6, 6.07) is 25.9. The minimum atomic E-state index is 0. The van der Waals surface area contributed by atoms with Gasteiger partial charge in [-0.05, 0) is 66.6 Å². The Bertz CT molecular complexity index is 943. The Morgan fingerprint density at radius 2 is 1.49 bits per heavy atom. The number of benzene rings is 3. The topological polar surface area (TPSA) is 70.2 Å². The van der Waals surface area contributed by atoms with Gasteiger partial charge in [-0.25, -0.2) is 0 Å². The fraction of sp³-hybridized carbons (Fsp3) is 0.394. The van der Waals surface area contributed by atoms with Crippen LogP contribution in [-0.2, 0) is 24.2 Å². The van der Waals surface area contributed by atoms with Crippen molar-refractivity contribution < 1.29 is 21.5 Å². The van der Waals surface area contributed by atoms with Crippen LogP contribution in [-0.4, -0.2) is 17.2 Å². The molecule has 0 aliphatic rings. The third-order valence-corrected chi connectivity index (χ3v) is 5.47. The summed E-state index contributed by atoms with van der Waals surface area (Å²) in [7, 11) is 0. The molecule has 0 aliphatic heterocycles. The van der Waals surface area contributed by atoms with Gasteiger partial charge in [0.05, 0.1) is 12.4 Å². The van der Waals surface area contributed by atoms with Crippen LogP contribution >= 0.6 is 0 Å². The van der Waals surface area contributed by atoms with Crippen LogP contribution in [0.3, 0.4) is 0 Å². The van der Waals surface area contributed by atoms with Gasteiger partial charge in [-0.1, -0.05) is 102 Å². The van der Waals surface area contributed by atoms with Gasteiger partial charge < -0.3 is 20.1 Å². The van der Waals surface area contributed by atoms with Crippen LogP contribution in [0.2, 0.25) is 0 Å². The zero-order valence-electron chi connectivity index (χ0n) is 23.3. The first kappa shape index (κ1) is 33.8. The second-order valence-corrected chi connectivity index (χ2v) is 8.39. The maximum atomic E-state index is 9.23. The smallest absolute Gasteiger partial charge is 0.119 e. The molecule has 0 spiro atoms. The van der Waals surface area contributed by atoms with E-state index >= 15 is 0 Å². The highest BCUT2D eigenvalue weighted by molar-refractivity contribution is 5.28. The number of aryl methyl sites for hydroxylation is 2. The van der Waals surface area contributed by atoms with Crippen LogP contribution < -0.4 is 4.74 Å². The zero-order chi connectivity index (χ0) is 26.4. The van der Waals surface area contributed by atoms with E-state index in [0.717, 1.165) is 36.3 Å². The number of phenols is 1. The van der Waals surface area contributed by atoms with Crippen LogP contribution in [0, 0.1) is 0 Å². The summed E-state index contributed by atoms with van der Waals surface area (Å²) in [4.78, 5) is 0. The number of hydrogen-bond donors (Lipinski definition) is 1. The highest BCUT2D eigenvalue weighted by Crippen LogP contribution is 2.16. The first-order chi connectivity index (χ1) is 17.6. The first-order valence-corrected chi connectivity index (χ1v) is 13.4. The normalized spacial score (nSPS) is 9.51. The van der Waals surface area contributed by atoms with Gasteiger partial charge in [0.15, 0.2) is 0 Å². The molecule has 3 aromatic rings. The molecule has 0 radical (unpaired) electrons. The molecule has 0 atom stereocenters. The Balaban J connectivity index is 0. The Hall–Kier alpha value is -3.24. The molecule has 206 valence electrons. The van der Waals surface area contributed by atoms with Crippen molar-refractivity contribution in [2.24, 2.45) is 0 Å². The Kier molecular flexibility index (Phi) is 20.1. The van der Waals surface area contributed by atoms with E-state index in [4.69, 9.17) is 9.47 Å². The fourth-order valence-corrected chi connectivity index (χ4v) is 3.39. The van der Waals surface area contributed by atoms with Crippen molar-refractivity contribution in [2.75, 3.05) is 6.61 Å². The van der Waals surface area contributed by atoms with Crippen LogP contribution in [0.1, 0.15) is 77.9 Å². The largest absolute Gasteiger partial charge is 0.508 e. The van der Waals surface area contributed by atoms with E-state index in [1.807, 2.05) is 38.1 Å². The van der Waals surface area contributed by atoms with E-state index in [1.165, 1.54) is 36.8 Å². The first-order valence-electron chi connectivity index (χ1n) is 13.4. The standard InChI is InChI=1S/C20H24O3.C11H16.C2H6.H2O.H2/c1-3-17-7-4-8-20(14-17)22-13-5-6-16(2)23-15-18-9-11-19(21)12-10-18;1-2-3-5-8-11-9-6-4-7-10-11;1-2;;/h4,7-12,14,21H,2-3,5-6,13,15H2,1H3;4,6-7,9-10H,2-3,5,8H2,1H3;1-2H3;1H2;1H. The van der Waals surface area contributed by atoms with E-state index in [1.54, 1.807) is 12.1 Å². The van der Waals surface area contributed by atoms with E-state index in [0.29, 0.717) is 13.2 Å². The van der Waals surface area contributed by atoms with E-state index in [-0.39, 0.29) is 12.7 Å². The second kappa shape index (κ2) is 22.0. The lowest BCUT2D eigenvalue weighted by Gasteiger charge is -2.10. The van der Waals surface area contributed by atoms with E-state index < -0.39 is 0 Å². The molecule has 0 saturated carbocycles. The summed E-state index contributed by atoms with van der Waals surface area (Å²) < 4.78 is 11.4. The third kappa shape index (κ3) is 16.2. The molecule has 0 amide bonds. The number of unbranched alkanes of at least 4 members (excludes halogenated alkanes) is 2. The van der Waals surface area contributed by atoms with Gasteiger partial charge in [0.1, 0.15) is 18.1 Å². The minimum absolute atomic E-state index is 0. The highest BCUT2D eigenvalue weighted by atomic mass is 16.5. The van der Waals surface area contributed by atoms with Gasteiger partial charge in [-0.2, -0.15) is 0 Å². The number of ether oxygens (including phenoxy) is 2. The number of rotatable bonds is 13. The number of allylic oxidation sites excluding steroid dienone is 1. The van der Waals surface area contributed by atoms with Crippen molar-refractivity contribution in [1.82, 2.24) is 0 Å². The number of hydrogen-bond acceptors (Lipinski definition) is 3. The SMILES string of the molecule is C=C(CCCOc1cccc(CC)c1)OCc1ccc(O)cc1.CC.CCCCCc1ccccc1.O.[HH]. The van der Waals surface area contributed by atoms with Gasteiger partial charge in [-0.15, -0.1) is 0 Å². The molecular formula is C33H50O4. The van der Waals surface area contributed by atoms with Crippen molar-refractivity contribution in [3.05, 3.63) is 108 Å². The molecule has 3 rings (SSSR count). The van der Waals surface area contributed by atoms with Crippen LogP contribution in [0.5, 0.6) is 11.5 Å². The predicted octanol–water partition coefficient (Wildman–Crippen LogP) is 8.71. The van der Waals surface area contributed by atoms with Gasteiger partial charge in [0.2, 0.25) is 0 Å². The van der Waals surface area contributed by atoms with Crippen molar-refractivity contribution in [2.45, 2.75) is 79.2 Å². The lowest BCUT2D eigenvalue weighted by molar-refractivity contribution is 0.184.